The lowest BCUT2D eigenvalue weighted by molar-refractivity contribution is -0.261. The van der Waals surface area contributed by atoms with E-state index < -0.39 is 37.3 Å². The van der Waals surface area contributed by atoms with E-state index in [1.165, 1.54) is 11.8 Å². The Hall–Kier alpha value is -1.97. The van der Waals surface area contributed by atoms with E-state index >= 15 is 0 Å². The number of benzene rings is 1. The molecule has 1 aromatic carbocycles. The number of aliphatic hydroxyl groups excluding tert-OH is 4. The number of hydrogen-bond acceptors (Lipinski definition) is 6. The summed E-state index contributed by atoms with van der Waals surface area (Å²) in [7, 11) is 0. The summed E-state index contributed by atoms with van der Waals surface area (Å²) in [4.78, 5) is 16.6. The number of nitrogens with zero attached hydrogens (tertiary/aromatic N) is 1. The van der Waals surface area contributed by atoms with Gasteiger partial charge in [-0.05, 0) is 18.1 Å². The predicted octanol–water partition coefficient (Wildman–Crippen LogP) is -0.641. The number of amides is 1. The van der Waals surface area contributed by atoms with Crippen LogP contribution in [-0.2, 0) is 16.0 Å². The molecule has 1 aliphatic rings. The molecule has 142 valence electrons. The van der Waals surface area contributed by atoms with Crippen molar-refractivity contribution >= 4 is 16.8 Å². The Morgan fingerprint density at radius 3 is 2.62 bits per heavy atom. The second-order valence-electron chi connectivity index (χ2n) is 6.54. The largest absolute Gasteiger partial charge is 0.394 e. The quantitative estimate of drug-likeness (QED) is 0.480. The number of para-hydroxylation sites is 1. The SMILES string of the molecule is CC(=O)N(CCc1c[nH]c2ccccc12)[C@H]1O[C@@H](CO)[C@@H](O)[C@@H](O)[C@H]1O. The van der Waals surface area contributed by atoms with Crippen molar-refractivity contribution in [1.29, 1.82) is 0 Å². The van der Waals surface area contributed by atoms with Crippen molar-refractivity contribution in [2.75, 3.05) is 13.2 Å². The number of hydrogen-bond donors (Lipinski definition) is 5. The molecular weight excluding hydrogens is 340 g/mol. The van der Waals surface area contributed by atoms with Crippen molar-refractivity contribution in [3.63, 3.8) is 0 Å². The number of H-pyrrole nitrogens is 1. The molecule has 1 amide bonds. The van der Waals surface area contributed by atoms with E-state index in [0.717, 1.165) is 16.5 Å². The van der Waals surface area contributed by atoms with Gasteiger partial charge in [-0.15, -0.1) is 0 Å². The molecule has 1 aliphatic heterocycles. The van der Waals surface area contributed by atoms with Gasteiger partial charge in [0.2, 0.25) is 5.91 Å². The molecule has 0 unspecified atom stereocenters. The van der Waals surface area contributed by atoms with Gasteiger partial charge in [-0.3, -0.25) is 4.79 Å². The first-order chi connectivity index (χ1) is 12.4. The Morgan fingerprint density at radius 2 is 1.92 bits per heavy atom. The van der Waals surface area contributed by atoms with Crippen LogP contribution in [0.3, 0.4) is 0 Å². The van der Waals surface area contributed by atoms with Gasteiger partial charge in [0.15, 0.2) is 6.23 Å². The first-order valence-corrected chi connectivity index (χ1v) is 8.56. The van der Waals surface area contributed by atoms with Gasteiger partial charge in [-0.25, -0.2) is 0 Å². The maximum absolute atomic E-state index is 12.1. The topological polar surface area (TPSA) is 126 Å². The van der Waals surface area contributed by atoms with Crippen LogP contribution in [-0.4, -0.2) is 80.0 Å². The lowest BCUT2D eigenvalue weighted by Gasteiger charge is -2.44. The van der Waals surface area contributed by atoms with Crippen molar-refractivity contribution in [1.82, 2.24) is 9.88 Å². The molecule has 8 nitrogen and oxygen atoms in total. The highest BCUT2D eigenvalue weighted by Gasteiger charge is 2.46. The summed E-state index contributed by atoms with van der Waals surface area (Å²) in [6, 6.07) is 7.80. The Labute approximate surface area is 150 Å². The summed E-state index contributed by atoms with van der Waals surface area (Å²) < 4.78 is 5.50. The highest BCUT2D eigenvalue weighted by Crippen LogP contribution is 2.25. The molecule has 0 saturated carbocycles. The van der Waals surface area contributed by atoms with Crippen LogP contribution in [0.2, 0.25) is 0 Å². The second-order valence-corrected chi connectivity index (χ2v) is 6.54. The van der Waals surface area contributed by atoms with Crippen molar-refractivity contribution in [2.45, 2.75) is 44.0 Å². The lowest BCUT2D eigenvalue weighted by Crippen LogP contribution is -2.64. The zero-order valence-electron chi connectivity index (χ0n) is 14.4. The van der Waals surface area contributed by atoms with Crippen LogP contribution in [0.5, 0.6) is 0 Å². The van der Waals surface area contributed by atoms with Crippen LogP contribution in [0, 0.1) is 0 Å². The van der Waals surface area contributed by atoms with E-state index in [-0.39, 0.29) is 12.5 Å². The number of rotatable bonds is 5. The summed E-state index contributed by atoms with van der Waals surface area (Å²) in [5, 5.41) is 40.5. The monoisotopic (exact) mass is 364 g/mol. The van der Waals surface area contributed by atoms with Gasteiger partial charge < -0.3 is 35.0 Å². The maximum atomic E-state index is 12.1. The Balaban J connectivity index is 1.77. The van der Waals surface area contributed by atoms with Crippen LogP contribution >= 0.6 is 0 Å². The molecule has 1 saturated heterocycles. The first kappa shape index (κ1) is 18.8. The molecule has 2 heterocycles. The van der Waals surface area contributed by atoms with Crippen LogP contribution in [0.15, 0.2) is 30.5 Å². The molecule has 5 atom stereocenters. The summed E-state index contributed by atoms with van der Waals surface area (Å²) in [5.74, 6) is -0.339. The molecule has 3 rings (SSSR count). The van der Waals surface area contributed by atoms with E-state index in [9.17, 15) is 25.2 Å². The predicted molar refractivity (Wildman–Crippen MR) is 93.2 cm³/mol. The summed E-state index contributed by atoms with van der Waals surface area (Å²) in [5.41, 5.74) is 2.00. The van der Waals surface area contributed by atoms with Gasteiger partial charge in [-0.2, -0.15) is 0 Å². The fourth-order valence-electron chi connectivity index (χ4n) is 3.38. The van der Waals surface area contributed by atoms with Gasteiger partial charge in [0.05, 0.1) is 6.61 Å². The van der Waals surface area contributed by atoms with Gasteiger partial charge in [-0.1, -0.05) is 18.2 Å². The minimum Gasteiger partial charge on any atom is -0.394 e. The van der Waals surface area contributed by atoms with Gasteiger partial charge in [0, 0.05) is 30.6 Å². The maximum Gasteiger partial charge on any atom is 0.221 e. The third kappa shape index (κ3) is 3.46. The van der Waals surface area contributed by atoms with E-state index in [4.69, 9.17) is 4.74 Å². The summed E-state index contributed by atoms with van der Waals surface area (Å²) in [6.07, 6.45) is -4.25. The average molecular weight is 364 g/mol. The van der Waals surface area contributed by atoms with Crippen LogP contribution in [0.1, 0.15) is 12.5 Å². The summed E-state index contributed by atoms with van der Waals surface area (Å²) in [6.45, 7) is 1.06. The molecule has 0 bridgehead atoms. The minimum absolute atomic E-state index is 0.250. The molecule has 0 radical (unpaired) electrons. The first-order valence-electron chi connectivity index (χ1n) is 8.56. The number of aromatic amines is 1. The fraction of sp³-hybridized carbons (Fsp3) is 0.500. The smallest absolute Gasteiger partial charge is 0.221 e. The van der Waals surface area contributed by atoms with Crippen molar-refractivity contribution < 1.29 is 30.0 Å². The number of nitrogens with one attached hydrogen (secondary N) is 1. The van der Waals surface area contributed by atoms with Crippen LogP contribution < -0.4 is 0 Å². The van der Waals surface area contributed by atoms with Gasteiger partial charge in [0.1, 0.15) is 24.4 Å². The number of carbonyl (C=O) groups excluding carboxylic acids is 1. The molecule has 1 fully saturated rings. The van der Waals surface area contributed by atoms with E-state index in [0.29, 0.717) is 6.42 Å². The number of aromatic nitrogens is 1. The van der Waals surface area contributed by atoms with Crippen molar-refractivity contribution in [2.24, 2.45) is 0 Å². The average Bonchev–Trinajstić information content (AvgIpc) is 3.04. The third-order valence-electron chi connectivity index (χ3n) is 4.88. The van der Waals surface area contributed by atoms with E-state index in [2.05, 4.69) is 4.98 Å². The normalized spacial score (nSPS) is 29.0. The molecule has 8 heteroatoms. The van der Waals surface area contributed by atoms with Crippen LogP contribution in [0.4, 0.5) is 0 Å². The molecular formula is C18H24N2O6. The second kappa shape index (κ2) is 7.73. The van der Waals surface area contributed by atoms with Crippen LogP contribution in [0.25, 0.3) is 10.9 Å². The number of carbonyl (C=O) groups is 1. The summed E-state index contributed by atoms with van der Waals surface area (Å²) >= 11 is 0. The van der Waals surface area contributed by atoms with Crippen molar-refractivity contribution in [3.05, 3.63) is 36.0 Å². The van der Waals surface area contributed by atoms with E-state index in [1.807, 2.05) is 30.5 Å². The fourth-order valence-corrected chi connectivity index (χ4v) is 3.38. The molecule has 26 heavy (non-hydrogen) atoms. The Kier molecular flexibility index (Phi) is 5.59. The highest BCUT2D eigenvalue weighted by molar-refractivity contribution is 5.83. The number of aliphatic hydroxyl groups is 4. The zero-order valence-corrected chi connectivity index (χ0v) is 14.4. The molecule has 1 aromatic heterocycles. The number of ether oxygens (including phenoxy) is 1. The minimum atomic E-state index is -1.51. The highest BCUT2D eigenvalue weighted by atomic mass is 16.6. The van der Waals surface area contributed by atoms with Gasteiger partial charge >= 0.3 is 0 Å². The molecule has 0 aliphatic carbocycles. The lowest BCUT2D eigenvalue weighted by atomic mass is 9.97. The molecule has 0 spiro atoms. The Morgan fingerprint density at radius 1 is 1.19 bits per heavy atom. The van der Waals surface area contributed by atoms with E-state index in [1.54, 1.807) is 0 Å². The van der Waals surface area contributed by atoms with Gasteiger partial charge in [0.25, 0.3) is 0 Å². The zero-order chi connectivity index (χ0) is 18.8. The third-order valence-corrected chi connectivity index (χ3v) is 4.88. The standard InChI is InChI=1S/C18H24N2O6/c1-10(22)20(18-17(25)16(24)15(23)14(9-21)26-18)7-6-11-8-19-13-5-3-2-4-12(11)13/h2-5,8,14-19,21,23-25H,6-7,9H2,1H3/t14-,15+,16+,17+,18-/m0/s1. The molecule has 5 N–H and O–H groups in total. The molecule has 2 aromatic rings. The number of fused-ring (bicyclic) bond motifs is 1. The van der Waals surface area contributed by atoms with Crippen molar-refractivity contribution in [3.8, 4) is 0 Å². The Bertz CT molecular complexity index is 761.